The summed E-state index contributed by atoms with van der Waals surface area (Å²) in [6.45, 7) is 2.21. The van der Waals surface area contributed by atoms with Crippen molar-refractivity contribution >= 4 is 10.0 Å². The van der Waals surface area contributed by atoms with E-state index >= 15 is 0 Å². The maximum Gasteiger partial charge on any atom is 0.242 e. The molecule has 0 unspecified atom stereocenters. The highest BCUT2D eigenvalue weighted by molar-refractivity contribution is 7.89. The summed E-state index contributed by atoms with van der Waals surface area (Å²) in [6, 6.07) is 1.50. The fourth-order valence-corrected chi connectivity index (χ4v) is 2.52. The number of rotatable bonds is 6. The molecule has 0 amide bonds. The SMILES string of the molecule is CCc1cnc(CNS(=O)(=O)c2c[nH]c(CN)c2)o1. The molecule has 0 spiro atoms. The van der Waals surface area contributed by atoms with Gasteiger partial charge in [0, 0.05) is 24.9 Å². The molecule has 0 saturated carbocycles. The number of aryl methyl sites for hydroxylation is 1. The lowest BCUT2D eigenvalue weighted by molar-refractivity contribution is 0.452. The third kappa shape index (κ3) is 3.22. The molecular formula is C11H16N4O3S. The van der Waals surface area contributed by atoms with E-state index in [0.29, 0.717) is 11.6 Å². The summed E-state index contributed by atoms with van der Waals surface area (Å²) in [5.41, 5.74) is 6.08. The summed E-state index contributed by atoms with van der Waals surface area (Å²) in [7, 11) is -3.58. The topological polar surface area (TPSA) is 114 Å². The summed E-state index contributed by atoms with van der Waals surface area (Å²) in [5, 5.41) is 0. The number of sulfonamides is 1. The smallest absolute Gasteiger partial charge is 0.242 e. The molecule has 0 bridgehead atoms. The van der Waals surface area contributed by atoms with E-state index in [9.17, 15) is 8.42 Å². The molecule has 0 aromatic carbocycles. The number of aromatic amines is 1. The average molecular weight is 284 g/mol. The largest absolute Gasteiger partial charge is 0.444 e. The third-order valence-corrected chi connectivity index (χ3v) is 3.99. The van der Waals surface area contributed by atoms with Crippen LogP contribution in [-0.2, 0) is 29.5 Å². The Hall–Kier alpha value is -1.64. The standard InChI is InChI=1S/C11H16N4O3S/c1-2-9-5-14-11(18-9)7-15-19(16,17)10-3-8(4-12)13-6-10/h3,5-6,13,15H,2,4,7,12H2,1H3. The first kappa shape index (κ1) is 13.8. The van der Waals surface area contributed by atoms with Crippen LogP contribution in [-0.4, -0.2) is 18.4 Å². The molecule has 0 saturated heterocycles. The van der Waals surface area contributed by atoms with E-state index < -0.39 is 10.0 Å². The molecule has 19 heavy (non-hydrogen) atoms. The van der Waals surface area contributed by atoms with Gasteiger partial charge in [-0.1, -0.05) is 6.92 Å². The Morgan fingerprint density at radius 2 is 2.32 bits per heavy atom. The van der Waals surface area contributed by atoms with E-state index in [-0.39, 0.29) is 18.0 Å². The predicted molar refractivity (Wildman–Crippen MR) is 68.6 cm³/mol. The van der Waals surface area contributed by atoms with Gasteiger partial charge in [-0.3, -0.25) is 0 Å². The van der Waals surface area contributed by atoms with E-state index in [1.807, 2.05) is 6.92 Å². The molecule has 4 N–H and O–H groups in total. The first-order valence-corrected chi connectivity index (χ1v) is 7.34. The second kappa shape index (κ2) is 5.55. The Labute approximate surface area is 111 Å². The molecule has 8 heteroatoms. The van der Waals surface area contributed by atoms with Crippen molar-refractivity contribution < 1.29 is 12.8 Å². The zero-order valence-corrected chi connectivity index (χ0v) is 11.3. The van der Waals surface area contributed by atoms with Crippen molar-refractivity contribution in [3.8, 4) is 0 Å². The fourth-order valence-electron chi connectivity index (χ4n) is 1.53. The summed E-state index contributed by atoms with van der Waals surface area (Å²) >= 11 is 0. The van der Waals surface area contributed by atoms with Crippen molar-refractivity contribution in [1.82, 2.24) is 14.7 Å². The van der Waals surface area contributed by atoms with Crippen molar-refractivity contribution in [2.45, 2.75) is 31.3 Å². The van der Waals surface area contributed by atoms with Crippen molar-refractivity contribution in [3.05, 3.63) is 35.8 Å². The number of nitrogens with two attached hydrogens (primary N) is 1. The Morgan fingerprint density at radius 1 is 1.53 bits per heavy atom. The van der Waals surface area contributed by atoms with E-state index in [4.69, 9.17) is 10.2 Å². The molecule has 0 fully saturated rings. The van der Waals surface area contributed by atoms with Gasteiger partial charge < -0.3 is 15.1 Å². The van der Waals surface area contributed by atoms with Gasteiger partial charge in [-0.25, -0.2) is 18.1 Å². The molecule has 7 nitrogen and oxygen atoms in total. The van der Waals surface area contributed by atoms with E-state index in [1.165, 1.54) is 12.3 Å². The second-order valence-electron chi connectivity index (χ2n) is 3.96. The molecular weight excluding hydrogens is 268 g/mol. The number of H-pyrrole nitrogens is 1. The minimum Gasteiger partial charge on any atom is -0.444 e. The summed E-state index contributed by atoms with van der Waals surface area (Å²) in [5.74, 6) is 1.07. The highest BCUT2D eigenvalue weighted by Gasteiger charge is 2.16. The molecule has 104 valence electrons. The van der Waals surface area contributed by atoms with Gasteiger partial charge in [-0.15, -0.1) is 0 Å². The minimum absolute atomic E-state index is 0.0193. The van der Waals surface area contributed by atoms with Crippen molar-refractivity contribution in [1.29, 1.82) is 0 Å². The Kier molecular flexibility index (Phi) is 4.03. The van der Waals surface area contributed by atoms with Crippen LogP contribution in [0, 0.1) is 0 Å². The van der Waals surface area contributed by atoms with Gasteiger partial charge >= 0.3 is 0 Å². The van der Waals surface area contributed by atoms with Crippen LogP contribution in [0.4, 0.5) is 0 Å². The first-order valence-electron chi connectivity index (χ1n) is 5.85. The maximum atomic E-state index is 12.0. The molecule has 0 aliphatic carbocycles. The highest BCUT2D eigenvalue weighted by Crippen LogP contribution is 2.11. The highest BCUT2D eigenvalue weighted by atomic mass is 32.2. The van der Waals surface area contributed by atoms with Gasteiger partial charge in [0.2, 0.25) is 15.9 Å². The Bertz CT molecular complexity index is 644. The minimum atomic E-state index is -3.58. The number of nitrogens with zero attached hydrogens (tertiary/aromatic N) is 1. The quantitative estimate of drug-likeness (QED) is 0.714. The van der Waals surface area contributed by atoms with Gasteiger partial charge in [0.1, 0.15) is 5.76 Å². The normalized spacial score (nSPS) is 11.9. The van der Waals surface area contributed by atoms with Crippen molar-refractivity contribution in [2.24, 2.45) is 5.73 Å². The van der Waals surface area contributed by atoms with E-state index in [2.05, 4.69) is 14.7 Å². The van der Waals surface area contributed by atoms with E-state index in [1.54, 1.807) is 6.20 Å². The van der Waals surface area contributed by atoms with Gasteiger partial charge in [-0.2, -0.15) is 0 Å². The summed E-state index contributed by atoms with van der Waals surface area (Å²) in [4.78, 5) is 6.92. The molecule has 0 atom stereocenters. The third-order valence-electron chi connectivity index (χ3n) is 2.61. The number of oxazole rings is 1. The lowest BCUT2D eigenvalue weighted by Crippen LogP contribution is -2.23. The number of nitrogens with one attached hydrogen (secondary N) is 2. The Balaban J connectivity index is 2.05. The lowest BCUT2D eigenvalue weighted by atomic mass is 10.4. The van der Waals surface area contributed by atoms with Crippen LogP contribution < -0.4 is 10.5 Å². The fraction of sp³-hybridized carbons (Fsp3) is 0.364. The van der Waals surface area contributed by atoms with Crippen LogP contribution in [0.25, 0.3) is 0 Å². The predicted octanol–water partition coefficient (Wildman–Crippen LogP) is 0.502. The molecule has 2 rings (SSSR count). The number of aromatic nitrogens is 2. The van der Waals surface area contributed by atoms with Gasteiger partial charge in [0.15, 0.2) is 0 Å². The van der Waals surface area contributed by atoms with Crippen LogP contribution in [0.15, 0.2) is 27.8 Å². The monoisotopic (exact) mass is 284 g/mol. The van der Waals surface area contributed by atoms with Crippen LogP contribution in [0.5, 0.6) is 0 Å². The average Bonchev–Trinajstić information content (AvgIpc) is 3.05. The molecule has 2 aromatic heterocycles. The summed E-state index contributed by atoms with van der Waals surface area (Å²) in [6.07, 6.45) is 3.71. The molecule has 0 radical (unpaired) electrons. The van der Waals surface area contributed by atoms with Crippen molar-refractivity contribution in [3.63, 3.8) is 0 Å². The lowest BCUT2D eigenvalue weighted by Gasteiger charge is -2.01. The number of hydrogen-bond acceptors (Lipinski definition) is 5. The van der Waals surface area contributed by atoms with Gasteiger partial charge in [0.05, 0.1) is 17.6 Å². The van der Waals surface area contributed by atoms with Gasteiger partial charge in [0.25, 0.3) is 0 Å². The van der Waals surface area contributed by atoms with Crippen LogP contribution in [0.1, 0.15) is 24.3 Å². The first-order chi connectivity index (χ1) is 9.05. The van der Waals surface area contributed by atoms with Crippen molar-refractivity contribution in [2.75, 3.05) is 0 Å². The Morgan fingerprint density at radius 3 is 2.89 bits per heavy atom. The van der Waals surface area contributed by atoms with Crippen LogP contribution in [0.2, 0.25) is 0 Å². The molecule has 0 aliphatic rings. The zero-order valence-electron chi connectivity index (χ0n) is 10.5. The van der Waals surface area contributed by atoms with Crippen LogP contribution >= 0.6 is 0 Å². The molecule has 2 heterocycles. The van der Waals surface area contributed by atoms with Crippen LogP contribution in [0.3, 0.4) is 0 Å². The summed E-state index contributed by atoms with van der Waals surface area (Å²) < 4.78 is 31.7. The van der Waals surface area contributed by atoms with E-state index in [0.717, 1.165) is 12.2 Å². The maximum absolute atomic E-state index is 12.0. The number of hydrogen-bond donors (Lipinski definition) is 3. The molecule has 0 aliphatic heterocycles. The molecule has 2 aromatic rings. The van der Waals surface area contributed by atoms with Gasteiger partial charge in [-0.05, 0) is 6.07 Å². The second-order valence-corrected chi connectivity index (χ2v) is 5.73. The zero-order chi connectivity index (χ0) is 13.9.